The molecule has 1 heterocycles. The van der Waals surface area contributed by atoms with Crippen molar-refractivity contribution in [1.82, 2.24) is 4.90 Å². The topological polar surface area (TPSA) is 59.1 Å². The van der Waals surface area contributed by atoms with Gasteiger partial charge in [0.1, 0.15) is 5.82 Å². The maximum absolute atomic E-state index is 13.9. The summed E-state index contributed by atoms with van der Waals surface area (Å²) in [5.41, 5.74) is 2.10. The molecule has 0 N–H and O–H groups in total. The van der Waals surface area contributed by atoms with Crippen LogP contribution in [0.5, 0.6) is 0 Å². The van der Waals surface area contributed by atoms with Crippen LogP contribution in [0.3, 0.4) is 0 Å². The normalized spacial score (nSPS) is 15.0. The van der Waals surface area contributed by atoms with E-state index in [0.717, 1.165) is 11.3 Å². The Balaban J connectivity index is 1.62. The second kappa shape index (κ2) is 10.2. The minimum absolute atomic E-state index is 0.109. The fourth-order valence-corrected chi connectivity index (χ4v) is 3.57. The number of amides is 1. The highest BCUT2D eigenvalue weighted by atomic mass is 19.1. The maximum Gasteiger partial charge on any atom is 0.335 e. The van der Waals surface area contributed by atoms with Gasteiger partial charge in [-0.2, -0.15) is 0 Å². The smallest absolute Gasteiger partial charge is 0.335 e. The first kappa shape index (κ1) is 21.8. The van der Waals surface area contributed by atoms with Crippen molar-refractivity contribution in [2.45, 2.75) is 19.4 Å². The van der Waals surface area contributed by atoms with Gasteiger partial charge in [-0.3, -0.25) is 4.79 Å². The third-order valence-electron chi connectivity index (χ3n) is 5.20. The van der Waals surface area contributed by atoms with Gasteiger partial charge in [-0.05, 0) is 36.8 Å². The quantitative estimate of drug-likeness (QED) is 0.652. The first-order valence-electron chi connectivity index (χ1n) is 10.1. The average Bonchev–Trinajstić information content (AvgIpc) is 2.78. The molecule has 1 fully saturated rings. The van der Waals surface area contributed by atoms with Crippen LogP contribution in [0.1, 0.15) is 22.8 Å². The molecule has 0 saturated carbocycles. The molecule has 1 amide bonds. The van der Waals surface area contributed by atoms with Gasteiger partial charge in [0, 0.05) is 45.4 Å². The Hall–Kier alpha value is -2.93. The van der Waals surface area contributed by atoms with Crippen LogP contribution in [0.4, 0.5) is 10.1 Å². The SMILES string of the molecule is CCOC(=O)C(Cc1cccc(N2CCN(C(=O)c3ccccc3F)CC2)c1)OC. The Morgan fingerprint density at radius 1 is 1.07 bits per heavy atom. The van der Waals surface area contributed by atoms with E-state index in [9.17, 15) is 14.0 Å². The molecule has 0 aliphatic carbocycles. The Morgan fingerprint density at radius 2 is 1.80 bits per heavy atom. The van der Waals surface area contributed by atoms with E-state index >= 15 is 0 Å². The molecule has 1 aliphatic heterocycles. The summed E-state index contributed by atoms with van der Waals surface area (Å²) in [6, 6.07) is 14.0. The predicted octanol–water partition coefficient (Wildman–Crippen LogP) is 2.91. The molecule has 0 bridgehead atoms. The van der Waals surface area contributed by atoms with Gasteiger partial charge in [-0.25, -0.2) is 9.18 Å². The highest BCUT2D eigenvalue weighted by molar-refractivity contribution is 5.94. The lowest BCUT2D eigenvalue weighted by Crippen LogP contribution is -2.49. The van der Waals surface area contributed by atoms with Crippen molar-refractivity contribution in [3.05, 3.63) is 65.5 Å². The molecule has 30 heavy (non-hydrogen) atoms. The van der Waals surface area contributed by atoms with Crippen LogP contribution in [-0.2, 0) is 20.7 Å². The van der Waals surface area contributed by atoms with Gasteiger partial charge >= 0.3 is 5.97 Å². The Bertz CT molecular complexity index is 881. The van der Waals surface area contributed by atoms with Crippen LogP contribution in [0, 0.1) is 5.82 Å². The zero-order valence-corrected chi connectivity index (χ0v) is 17.3. The van der Waals surface area contributed by atoms with E-state index in [2.05, 4.69) is 4.90 Å². The highest BCUT2D eigenvalue weighted by Crippen LogP contribution is 2.21. The fourth-order valence-electron chi connectivity index (χ4n) is 3.57. The number of methoxy groups -OCH3 is 1. The summed E-state index contributed by atoms with van der Waals surface area (Å²) in [5, 5.41) is 0. The van der Waals surface area contributed by atoms with Crippen LogP contribution >= 0.6 is 0 Å². The number of carbonyl (C=O) groups is 2. The summed E-state index contributed by atoms with van der Waals surface area (Å²) in [4.78, 5) is 28.4. The molecular weight excluding hydrogens is 387 g/mol. The first-order valence-corrected chi connectivity index (χ1v) is 10.1. The molecule has 1 unspecified atom stereocenters. The molecule has 1 saturated heterocycles. The molecule has 1 aliphatic rings. The third-order valence-corrected chi connectivity index (χ3v) is 5.20. The lowest BCUT2D eigenvalue weighted by Gasteiger charge is -2.36. The molecule has 3 rings (SSSR count). The van der Waals surface area contributed by atoms with Gasteiger partial charge < -0.3 is 19.3 Å². The monoisotopic (exact) mass is 414 g/mol. The lowest BCUT2D eigenvalue weighted by molar-refractivity contribution is -0.154. The standard InChI is InChI=1S/C23H27FN2O4/c1-3-30-23(28)21(29-2)16-17-7-6-8-18(15-17)25-11-13-26(14-12-25)22(27)19-9-4-5-10-20(19)24/h4-10,15,21H,3,11-14,16H2,1-2H3. The molecular formula is C23H27FN2O4. The van der Waals surface area contributed by atoms with Gasteiger partial charge in [-0.15, -0.1) is 0 Å². The maximum atomic E-state index is 13.9. The molecule has 0 aromatic heterocycles. The van der Waals surface area contributed by atoms with E-state index in [0.29, 0.717) is 39.2 Å². The summed E-state index contributed by atoms with van der Waals surface area (Å²) in [6.07, 6.45) is -0.218. The summed E-state index contributed by atoms with van der Waals surface area (Å²) >= 11 is 0. The average molecular weight is 414 g/mol. The summed E-state index contributed by atoms with van der Waals surface area (Å²) in [7, 11) is 1.50. The van der Waals surface area contributed by atoms with E-state index in [-0.39, 0.29) is 17.4 Å². The Labute approximate surface area is 176 Å². The molecule has 0 radical (unpaired) electrons. The zero-order valence-electron chi connectivity index (χ0n) is 17.3. The van der Waals surface area contributed by atoms with E-state index in [1.165, 1.54) is 19.2 Å². The summed E-state index contributed by atoms with van der Waals surface area (Å²) in [5.74, 6) is -1.14. The molecule has 1 atom stereocenters. The number of hydrogen-bond acceptors (Lipinski definition) is 5. The van der Waals surface area contributed by atoms with Crippen molar-refractivity contribution < 1.29 is 23.5 Å². The number of ether oxygens (including phenoxy) is 2. The molecule has 0 spiro atoms. The molecule has 160 valence electrons. The summed E-state index contributed by atoms with van der Waals surface area (Å²) in [6.45, 7) is 4.41. The minimum atomic E-state index is -0.643. The van der Waals surface area contributed by atoms with Gasteiger partial charge in [0.25, 0.3) is 5.91 Å². The number of anilines is 1. The highest BCUT2D eigenvalue weighted by Gasteiger charge is 2.25. The van der Waals surface area contributed by atoms with Crippen molar-refractivity contribution in [3.63, 3.8) is 0 Å². The second-order valence-electron chi connectivity index (χ2n) is 7.11. The number of carbonyl (C=O) groups excluding carboxylic acids is 2. The first-order chi connectivity index (χ1) is 14.5. The van der Waals surface area contributed by atoms with E-state index in [1.807, 2.05) is 24.3 Å². The van der Waals surface area contributed by atoms with Crippen molar-refractivity contribution in [1.29, 1.82) is 0 Å². The lowest BCUT2D eigenvalue weighted by atomic mass is 10.1. The second-order valence-corrected chi connectivity index (χ2v) is 7.11. The van der Waals surface area contributed by atoms with Crippen molar-refractivity contribution in [2.24, 2.45) is 0 Å². The number of piperazine rings is 1. The molecule has 6 nitrogen and oxygen atoms in total. The van der Waals surface area contributed by atoms with E-state index in [1.54, 1.807) is 24.0 Å². The van der Waals surface area contributed by atoms with Gasteiger partial charge in [-0.1, -0.05) is 24.3 Å². The van der Waals surface area contributed by atoms with Crippen LogP contribution in [0.2, 0.25) is 0 Å². The number of esters is 1. The number of hydrogen-bond donors (Lipinski definition) is 0. The van der Waals surface area contributed by atoms with Crippen LogP contribution in [0.25, 0.3) is 0 Å². The number of benzene rings is 2. The molecule has 2 aromatic carbocycles. The number of nitrogens with zero attached hydrogens (tertiary/aromatic N) is 2. The largest absolute Gasteiger partial charge is 0.464 e. The van der Waals surface area contributed by atoms with Crippen LogP contribution in [-0.4, -0.2) is 62.8 Å². The third kappa shape index (κ3) is 5.16. The van der Waals surface area contributed by atoms with Gasteiger partial charge in [0.2, 0.25) is 0 Å². The number of halogens is 1. The molecule has 2 aromatic rings. The van der Waals surface area contributed by atoms with Gasteiger partial charge in [0.15, 0.2) is 6.10 Å². The van der Waals surface area contributed by atoms with Crippen molar-refractivity contribution >= 4 is 17.6 Å². The summed E-state index contributed by atoms with van der Waals surface area (Å²) < 4.78 is 24.3. The predicted molar refractivity (Wildman–Crippen MR) is 112 cm³/mol. The fraction of sp³-hybridized carbons (Fsp3) is 0.391. The Kier molecular flexibility index (Phi) is 7.41. The number of rotatable bonds is 7. The minimum Gasteiger partial charge on any atom is -0.464 e. The zero-order chi connectivity index (χ0) is 21.5. The van der Waals surface area contributed by atoms with E-state index < -0.39 is 11.9 Å². The van der Waals surface area contributed by atoms with Crippen molar-refractivity contribution in [2.75, 3.05) is 44.8 Å². The van der Waals surface area contributed by atoms with Gasteiger partial charge in [0.05, 0.1) is 12.2 Å². The molecule has 7 heteroatoms. The van der Waals surface area contributed by atoms with Crippen molar-refractivity contribution in [3.8, 4) is 0 Å². The van der Waals surface area contributed by atoms with E-state index in [4.69, 9.17) is 9.47 Å². The van der Waals surface area contributed by atoms with Crippen LogP contribution in [0.15, 0.2) is 48.5 Å². The Morgan fingerprint density at radius 3 is 2.47 bits per heavy atom. The van der Waals surface area contributed by atoms with Crippen LogP contribution < -0.4 is 4.90 Å².